The van der Waals surface area contributed by atoms with E-state index in [-0.39, 0.29) is 48.7 Å². The Morgan fingerprint density at radius 2 is 0.220 bits per heavy atom. The summed E-state index contributed by atoms with van der Waals surface area (Å²) in [6, 6.07) is 73.6. The van der Waals surface area contributed by atoms with E-state index in [1.165, 1.54) is 235 Å². The Balaban J connectivity index is 0.686. The maximum Gasteiger partial charge on any atom is 0.0544 e. The lowest BCUT2D eigenvalue weighted by Gasteiger charge is -2.55. The molecule has 12 aliphatic rings. The minimum atomic E-state index is -0.407. The van der Waals surface area contributed by atoms with Crippen molar-refractivity contribution < 1.29 is 0 Å². The molecule has 0 N–H and O–H groups in total. The van der Waals surface area contributed by atoms with Crippen molar-refractivity contribution in [2.24, 2.45) is 0 Å². The topological polar surface area (TPSA) is 13.0 Å². The molecule has 0 saturated carbocycles. The van der Waals surface area contributed by atoms with Gasteiger partial charge >= 0.3 is 0 Å². The van der Waals surface area contributed by atoms with Gasteiger partial charge in [-0.25, -0.2) is 0 Å². The first-order valence-corrected chi connectivity index (χ1v) is 43.8. The number of nitrogens with zero attached hydrogens (tertiary/aromatic N) is 4. The van der Waals surface area contributed by atoms with Crippen LogP contribution in [0.1, 0.15) is 333 Å². The van der Waals surface area contributed by atoms with Crippen LogP contribution in [0.5, 0.6) is 0 Å². The Kier molecular flexibility index (Phi) is 12.8. The average molecular weight is 1530 g/mol. The predicted molar refractivity (Wildman–Crippen MR) is 497 cm³/mol. The van der Waals surface area contributed by atoms with Crippen molar-refractivity contribution in [3.63, 3.8) is 0 Å². The standard InChI is InChI=1S/C114H108N4/c1-103(2)67-31-25-37-73-91(67)115-92-68(103)32-26-38-74(92)107(9,10)80-50-61(49-79(97(80)115)106(73,7)8)43-46-64-55-85-100-86(56-64)113(21,22)88-58-66(48-45-63-53-83-99-84(54-63)111(17,18)78-42-30-36-72-96(78)117(99)95-71(105(72,5)6)35-29-41-77(95)110(83,15)16)60-90-102(88)118(100)101-87(112(85,19)20)57-65(59-89(101)114(90,23)24)47-44-62-51-81-98-82(52-62)109(13,14)76-40-28-34-70-94(76)116(98)93-69(104(70,3)4)33-27-39-75(93)108(81,11)12/h25-60H,1-24H3/b46-43+,47-44+,48-45+. The van der Waals surface area contributed by atoms with Gasteiger partial charge < -0.3 is 19.6 Å². The summed E-state index contributed by atoms with van der Waals surface area (Å²) in [6.45, 7) is 59.6. The molecule has 0 aromatic heterocycles. The van der Waals surface area contributed by atoms with Gasteiger partial charge in [0.2, 0.25) is 0 Å². The lowest BCUT2D eigenvalue weighted by molar-refractivity contribution is 0.565. The van der Waals surface area contributed by atoms with Gasteiger partial charge in [-0.3, -0.25) is 0 Å². The molecule has 0 amide bonds. The molecule has 0 bridgehead atoms. The SMILES string of the molecule is CC1(C)c2cccc3c2N2c4c1cccc4C(C)(C)c1cc(/C=C/c4cc5c6c(c4)C(C)(C)c4cc(/C=C/c7cc8c9c(c7)C(C)(C)c7cccc%10c7N9c7c(cccc7C8(C)C)C%10(C)C)cc7c4N6c4c(cc(/C=C/c6cc8c9c(c6)C(C)(C)c6cccc%10c6N9c6c(cccc6C8(C)C)C%10(C)C)cc4C7(C)C)C5(C)C)cc(c12)C3(C)C. The highest BCUT2D eigenvalue weighted by Crippen LogP contribution is 2.73. The summed E-state index contributed by atoms with van der Waals surface area (Å²) in [6.07, 6.45) is 14.8. The molecule has 0 aliphatic carbocycles. The molecule has 12 aromatic rings. The predicted octanol–water partition coefficient (Wildman–Crippen LogP) is 29.7. The Morgan fingerprint density at radius 3 is 0.331 bits per heavy atom. The van der Waals surface area contributed by atoms with Crippen LogP contribution in [0, 0.1) is 0 Å². The maximum absolute atomic E-state index is 2.78. The van der Waals surface area contributed by atoms with Gasteiger partial charge in [-0.05, 0) is 240 Å². The highest BCUT2D eigenvalue weighted by atomic mass is 15.2. The molecule has 12 heterocycles. The summed E-state index contributed by atoms with van der Waals surface area (Å²) in [5.74, 6) is 0. The zero-order chi connectivity index (χ0) is 82.0. The van der Waals surface area contributed by atoms with Crippen LogP contribution in [0.15, 0.2) is 182 Å². The fraction of sp³-hybridized carbons (Fsp3) is 0.316. The van der Waals surface area contributed by atoms with Crippen LogP contribution >= 0.6 is 0 Å². The smallest absolute Gasteiger partial charge is 0.0544 e. The van der Waals surface area contributed by atoms with Crippen molar-refractivity contribution in [1.29, 1.82) is 0 Å². The molecule has 12 aromatic carbocycles. The molecule has 24 rings (SSSR count). The van der Waals surface area contributed by atoms with Crippen LogP contribution < -0.4 is 19.6 Å². The van der Waals surface area contributed by atoms with Crippen molar-refractivity contribution in [2.75, 3.05) is 19.6 Å². The van der Waals surface area contributed by atoms with E-state index >= 15 is 0 Å². The van der Waals surface area contributed by atoms with Crippen LogP contribution in [-0.4, -0.2) is 0 Å². The third-order valence-electron chi connectivity index (χ3n) is 33.3. The van der Waals surface area contributed by atoms with E-state index in [2.05, 4.69) is 404 Å². The molecule has 0 radical (unpaired) electrons. The van der Waals surface area contributed by atoms with Gasteiger partial charge in [-0.2, -0.15) is 0 Å². The molecule has 0 atom stereocenters. The molecule has 118 heavy (non-hydrogen) atoms. The lowest BCUT2D eigenvalue weighted by Crippen LogP contribution is -2.44. The minimum absolute atomic E-state index is 0.148. The number of hydrogen-bond donors (Lipinski definition) is 0. The molecule has 0 spiro atoms. The van der Waals surface area contributed by atoms with Crippen molar-refractivity contribution in [3.8, 4) is 0 Å². The molecule has 0 unspecified atom stereocenters. The highest BCUT2D eigenvalue weighted by Gasteiger charge is 2.58. The summed E-state index contributed by atoms with van der Waals surface area (Å²) in [4.78, 5) is 10.9. The molecule has 4 nitrogen and oxygen atoms in total. The zero-order valence-corrected chi connectivity index (χ0v) is 73.6. The number of hydrogen-bond acceptors (Lipinski definition) is 4. The van der Waals surface area contributed by atoms with Crippen LogP contribution in [0.2, 0.25) is 0 Å². The first-order valence-electron chi connectivity index (χ1n) is 43.8. The minimum Gasteiger partial charge on any atom is -0.309 e. The van der Waals surface area contributed by atoms with Crippen LogP contribution in [0.25, 0.3) is 36.5 Å². The molecular formula is C114H108N4. The van der Waals surface area contributed by atoms with E-state index in [9.17, 15) is 0 Å². The Bertz CT molecular complexity index is 5930. The van der Waals surface area contributed by atoms with Gasteiger partial charge in [0, 0.05) is 65.0 Å². The van der Waals surface area contributed by atoms with E-state index in [0.717, 1.165) is 0 Å². The van der Waals surface area contributed by atoms with Crippen molar-refractivity contribution in [3.05, 3.63) is 349 Å². The van der Waals surface area contributed by atoms with Gasteiger partial charge in [0.15, 0.2) is 0 Å². The highest BCUT2D eigenvalue weighted by molar-refractivity contribution is 6.05. The fourth-order valence-electron chi connectivity index (χ4n) is 26.1. The van der Waals surface area contributed by atoms with E-state index in [4.69, 9.17) is 0 Å². The third kappa shape index (κ3) is 8.04. The molecule has 4 heteroatoms. The first kappa shape index (κ1) is 71.2. The second-order valence-electron chi connectivity index (χ2n) is 43.8. The molecule has 584 valence electrons. The monoisotopic (exact) mass is 1530 g/mol. The second-order valence-corrected chi connectivity index (χ2v) is 43.8. The van der Waals surface area contributed by atoms with E-state index in [1.807, 2.05) is 0 Å². The molecule has 12 aliphatic heterocycles. The Labute approximate surface area is 699 Å². The van der Waals surface area contributed by atoms with E-state index in [1.54, 1.807) is 0 Å². The van der Waals surface area contributed by atoms with Crippen LogP contribution in [0.3, 0.4) is 0 Å². The summed E-state index contributed by atoms with van der Waals surface area (Å²) in [7, 11) is 0. The van der Waals surface area contributed by atoms with Crippen LogP contribution in [0.4, 0.5) is 68.2 Å². The van der Waals surface area contributed by atoms with Crippen molar-refractivity contribution in [1.82, 2.24) is 0 Å². The molecule has 0 fully saturated rings. The normalized spacial score (nSPS) is 20.8. The second kappa shape index (κ2) is 21.2. The number of rotatable bonds is 6. The van der Waals surface area contributed by atoms with Gasteiger partial charge in [-0.1, -0.05) is 312 Å². The quantitative estimate of drug-likeness (QED) is 0.154. The summed E-state index contributed by atoms with van der Waals surface area (Å²) in [5, 5.41) is 0. The first-order chi connectivity index (χ1) is 55.6. The summed E-state index contributed by atoms with van der Waals surface area (Å²) < 4.78 is 0. The van der Waals surface area contributed by atoms with Gasteiger partial charge in [0.05, 0.1) is 68.2 Å². The number of para-hydroxylation sites is 6. The van der Waals surface area contributed by atoms with Crippen molar-refractivity contribution >= 4 is 105 Å². The third-order valence-corrected chi connectivity index (χ3v) is 33.3. The van der Waals surface area contributed by atoms with E-state index in [0.29, 0.717) is 0 Å². The summed E-state index contributed by atoms with van der Waals surface area (Å²) >= 11 is 0. The largest absolute Gasteiger partial charge is 0.309 e. The van der Waals surface area contributed by atoms with E-state index < -0.39 is 16.2 Å². The lowest BCUT2D eigenvalue weighted by atomic mass is 9.60. The van der Waals surface area contributed by atoms with Gasteiger partial charge in [-0.15, -0.1) is 0 Å². The van der Waals surface area contributed by atoms with Crippen molar-refractivity contribution in [2.45, 2.75) is 231 Å². The summed E-state index contributed by atoms with van der Waals surface area (Å²) in [5.41, 5.74) is 54.1. The number of anilines is 12. The van der Waals surface area contributed by atoms with Crippen LogP contribution in [-0.2, 0) is 65.0 Å². The Morgan fingerprint density at radius 1 is 0.136 bits per heavy atom. The molecule has 0 saturated heterocycles. The Hall–Kier alpha value is -10.9. The molecular weight excluding hydrogens is 1430 g/mol. The van der Waals surface area contributed by atoms with Gasteiger partial charge in [0.1, 0.15) is 0 Å². The fourth-order valence-corrected chi connectivity index (χ4v) is 26.1. The zero-order valence-electron chi connectivity index (χ0n) is 73.6. The van der Waals surface area contributed by atoms with Gasteiger partial charge in [0.25, 0.3) is 0 Å². The number of benzene rings is 12. The maximum atomic E-state index is 2.78. The average Bonchev–Trinajstić information content (AvgIpc) is 0.676.